The van der Waals surface area contributed by atoms with Crippen LogP contribution < -0.4 is 0 Å². The fourth-order valence-corrected chi connectivity index (χ4v) is 8.65. The standard InChI is InChI=1S/C46H28N4S2/c1-2-8-37-30(6-1)7-5-11-38(37)31-14-12-29(13-15-31)32-16-17-41-42(20-32)46(36-19-34(22-48-24-36)44-26-50-28-52-44)40-10-4-3-9-39(40)45(41)35-18-33(21-47-23-35)43-25-49-27-51-43/h1-28H. The van der Waals surface area contributed by atoms with Gasteiger partial charge in [0.15, 0.2) is 0 Å². The van der Waals surface area contributed by atoms with E-state index in [0.717, 1.165) is 65.0 Å². The van der Waals surface area contributed by atoms with Gasteiger partial charge in [-0.25, -0.2) is 0 Å². The maximum atomic E-state index is 4.76. The Balaban J connectivity index is 1.20. The molecule has 0 spiro atoms. The second kappa shape index (κ2) is 12.8. The summed E-state index contributed by atoms with van der Waals surface area (Å²) >= 11 is 3.25. The van der Waals surface area contributed by atoms with Gasteiger partial charge in [0.05, 0.1) is 20.8 Å². The third kappa shape index (κ3) is 5.28. The molecule has 6 aromatic carbocycles. The van der Waals surface area contributed by atoms with Gasteiger partial charge in [-0.15, -0.1) is 22.7 Å². The molecule has 0 bridgehead atoms. The molecule has 0 unspecified atom stereocenters. The monoisotopic (exact) mass is 700 g/mol. The van der Waals surface area contributed by atoms with Crippen LogP contribution in [-0.2, 0) is 0 Å². The van der Waals surface area contributed by atoms with Crippen LogP contribution >= 0.6 is 22.7 Å². The van der Waals surface area contributed by atoms with Crippen molar-refractivity contribution in [2.75, 3.05) is 0 Å². The topological polar surface area (TPSA) is 51.6 Å². The fourth-order valence-electron chi connectivity index (χ4n) is 7.44. The zero-order valence-electron chi connectivity index (χ0n) is 27.8. The normalized spacial score (nSPS) is 11.5. The number of fused-ring (bicyclic) bond motifs is 3. The lowest BCUT2D eigenvalue weighted by molar-refractivity contribution is 1.33. The van der Waals surface area contributed by atoms with E-state index in [1.165, 1.54) is 32.7 Å². The number of pyridine rings is 2. The molecule has 0 N–H and O–H groups in total. The lowest BCUT2D eigenvalue weighted by atomic mass is 9.85. The molecule has 4 heterocycles. The molecule has 6 heteroatoms. The Morgan fingerprint density at radius 2 is 0.846 bits per heavy atom. The van der Waals surface area contributed by atoms with Crippen molar-refractivity contribution in [3.05, 3.63) is 170 Å². The van der Waals surface area contributed by atoms with Crippen LogP contribution in [0.25, 0.3) is 97.7 Å². The molecule has 52 heavy (non-hydrogen) atoms. The van der Waals surface area contributed by atoms with Crippen LogP contribution in [0, 0.1) is 0 Å². The van der Waals surface area contributed by atoms with Gasteiger partial charge in [0.25, 0.3) is 0 Å². The molecule has 0 saturated carbocycles. The zero-order valence-corrected chi connectivity index (χ0v) is 29.4. The summed E-state index contributed by atoms with van der Waals surface area (Å²) in [5.74, 6) is 0. The average Bonchev–Trinajstić information content (AvgIpc) is 3.96. The Bertz CT molecular complexity index is 2890. The molecule has 0 amide bonds. The van der Waals surface area contributed by atoms with E-state index in [9.17, 15) is 0 Å². The molecule has 0 saturated heterocycles. The third-order valence-electron chi connectivity index (χ3n) is 9.83. The molecule has 10 aromatic rings. The van der Waals surface area contributed by atoms with E-state index in [-0.39, 0.29) is 0 Å². The Hall–Kier alpha value is -6.34. The molecule has 0 radical (unpaired) electrons. The van der Waals surface area contributed by atoms with Gasteiger partial charge in [0.1, 0.15) is 0 Å². The molecular weight excluding hydrogens is 673 g/mol. The molecule has 4 aromatic heterocycles. The predicted molar refractivity (Wildman–Crippen MR) is 219 cm³/mol. The van der Waals surface area contributed by atoms with Crippen LogP contribution in [0.4, 0.5) is 0 Å². The summed E-state index contributed by atoms with van der Waals surface area (Å²) in [6, 6.07) is 44.2. The van der Waals surface area contributed by atoms with E-state index in [2.05, 4.69) is 131 Å². The molecule has 4 nitrogen and oxygen atoms in total. The molecule has 0 atom stereocenters. The molecule has 0 aliphatic carbocycles. The first kappa shape index (κ1) is 30.5. The zero-order chi connectivity index (χ0) is 34.4. The van der Waals surface area contributed by atoms with Gasteiger partial charge in [0.2, 0.25) is 0 Å². The van der Waals surface area contributed by atoms with E-state index in [4.69, 9.17) is 9.97 Å². The van der Waals surface area contributed by atoms with E-state index >= 15 is 0 Å². The van der Waals surface area contributed by atoms with Gasteiger partial charge in [-0.2, -0.15) is 0 Å². The minimum atomic E-state index is 1.06. The van der Waals surface area contributed by atoms with Crippen LogP contribution in [0.15, 0.2) is 170 Å². The minimum absolute atomic E-state index is 1.06. The number of aromatic nitrogens is 4. The van der Waals surface area contributed by atoms with E-state index in [1.807, 2.05) is 48.2 Å². The van der Waals surface area contributed by atoms with Crippen molar-refractivity contribution in [3.8, 4) is 65.4 Å². The predicted octanol–water partition coefficient (Wildman–Crippen LogP) is 12.9. The van der Waals surface area contributed by atoms with Gasteiger partial charge in [0, 0.05) is 59.4 Å². The van der Waals surface area contributed by atoms with E-state index < -0.39 is 0 Å². The second-order valence-corrected chi connectivity index (χ2v) is 14.6. The van der Waals surface area contributed by atoms with Crippen molar-refractivity contribution in [1.82, 2.24) is 19.9 Å². The van der Waals surface area contributed by atoms with Crippen LogP contribution in [0.2, 0.25) is 0 Å². The highest BCUT2D eigenvalue weighted by Gasteiger charge is 2.19. The number of hydrogen-bond acceptors (Lipinski definition) is 6. The first-order valence-corrected chi connectivity index (χ1v) is 18.8. The third-order valence-corrected chi connectivity index (χ3v) is 11.5. The van der Waals surface area contributed by atoms with Crippen molar-refractivity contribution in [3.63, 3.8) is 0 Å². The Kier molecular flexibility index (Phi) is 7.48. The Morgan fingerprint density at radius 3 is 1.48 bits per heavy atom. The van der Waals surface area contributed by atoms with Gasteiger partial charge in [-0.3, -0.25) is 19.9 Å². The first-order valence-electron chi connectivity index (χ1n) is 17.0. The number of rotatable bonds is 6. The molecule has 244 valence electrons. The van der Waals surface area contributed by atoms with Gasteiger partial charge in [-0.05, 0) is 83.9 Å². The maximum Gasteiger partial charge on any atom is 0.0797 e. The maximum absolute atomic E-state index is 4.76. The average molecular weight is 701 g/mol. The van der Waals surface area contributed by atoms with Crippen molar-refractivity contribution in [1.29, 1.82) is 0 Å². The summed E-state index contributed by atoms with van der Waals surface area (Å²) in [6.45, 7) is 0. The SMILES string of the molecule is c1ccc2c(-c3ccc(-c4ccc5c(-c6cncc(-c7cncs7)c6)c6ccccc6c(-c6cncc(-c7cncs7)c6)c5c4)cc3)cccc2c1. The molecule has 0 aliphatic heterocycles. The smallest absolute Gasteiger partial charge is 0.0797 e. The van der Waals surface area contributed by atoms with Crippen LogP contribution in [0.1, 0.15) is 0 Å². The van der Waals surface area contributed by atoms with Crippen LogP contribution in [0.3, 0.4) is 0 Å². The van der Waals surface area contributed by atoms with E-state index in [0.29, 0.717) is 0 Å². The second-order valence-electron chi connectivity index (χ2n) is 12.8. The summed E-state index contributed by atoms with van der Waals surface area (Å²) in [6.07, 6.45) is 11.6. The van der Waals surface area contributed by atoms with Gasteiger partial charge >= 0.3 is 0 Å². The summed E-state index contributed by atoms with van der Waals surface area (Å²) in [5.41, 5.74) is 15.1. The largest absolute Gasteiger partial charge is 0.263 e. The fraction of sp³-hybridized carbons (Fsp3) is 0. The minimum Gasteiger partial charge on any atom is -0.263 e. The number of hydrogen-bond donors (Lipinski definition) is 0. The van der Waals surface area contributed by atoms with Crippen molar-refractivity contribution < 1.29 is 0 Å². The van der Waals surface area contributed by atoms with Gasteiger partial charge in [-0.1, -0.05) is 103 Å². The number of nitrogens with zero attached hydrogens (tertiary/aromatic N) is 4. The first-order chi connectivity index (χ1) is 25.8. The van der Waals surface area contributed by atoms with Crippen molar-refractivity contribution in [2.24, 2.45) is 0 Å². The molecular formula is C46H28N4S2. The van der Waals surface area contributed by atoms with Crippen LogP contribution in [0.5, 0.6) is 0 Å². The Labute approximate surface area is 308 Å². The summed E-state index contributed by atoms with van der Waals surface area (Å²) < 4.78 is 0. The van der Waals surface area contributed by atoms with Gasteiger partial charge < -0.3 is 0 Å². The quantitative estimate of drug-likeness (QED) is 0.162. The van der Waals surface area contributed by atoms with E-state index in [1.54, 1.807) is 22.7 Å². The molecule has 0 aliphatic rings. The highest BCUT2D eigenvalue weighted by molar-refractivity contribution is 7.13. The highest BCUT2D eigenvalue weighted by Crippen LogP contribution is 2.46. The lowest BCUT2D eigenvalue weighted by Crippen LogP contribution is -1.93. The lowest BCUT2D eigenvalue weighted by Gasteiger charge is -2.19. The molecule has 10 rings (SSSR count). The van der Waals surface area contributed by atoms with Crippen LogP contribution in [-0.4, -0.2) is 19.9 Å². The number of thiazole rings is 2. The van der Waals surface area contributed by atoms with Crippen molar-refractivity contribution in [2.45, 2.75) is 0 Å². The highest BCUT2D eigenvalue weighted by atomic mass is 32.1. The summed E-state index contributed by atoms with van der Waals surface area (Å²) in [7, 11) is 0. The number of benzene rings is 6. The molecule has 0 fully saturated rings. The van der Waals surface area contributed by atoms with Crippen molar-refractivity contribution >= 4 is 55.0 Å². The Morgan fingerprint density at radius 1 is 0.327 bits per heavy atom. The summed E-state index contributed by atoms with van der Waals surface area (Å²) in [4.78, 5) is 20.3. The summed E-state index contributed by atoms with van der Waals surface area (Å²) in [5, 5.41) is 7.17.